The van der Waals surface area contributed by atoms with Gasteiger partial charge in [-0.3, -0.25) is 9.59 Å². The molecule has 0 saturated carbocycles. The van der Waals surface area contributed by atoms with Gasteiger partial charge in [-0.05, 0) is 25.8 Å². The Morgan fingerprint density at radius 1 is 1.37 bits per heavy atom. The number of aliphatic carboxylic acids is 1. The minimum atomic E-state index is -0.968. The molecule has 1 aromatic rings. The van der Waals surface area contributed by atoms with Crippen LogP contribution >= 0.6 is 0 Å². The number of rotatable bonds is 6. The first-order valence-corrected chi connectivity index (χ1v) is 6.52. The molecule has 0 saturated heterocycles. The van der Waals surface area contributed by atoms with E-state index < -0.39 is 11.9 Å². The van der Waals surface area contributed by atoms with Gasteiger partial charge in [0, 0.05) is 12.5 Å². The van der Waals surface area contributed by atoms with E-state index in [-0.39, 0.29) is 18.4 Å². The highest BCUT2D eigenvalue weighted by Gasteiger charge is 2.23. The van der Waals surface area contributed by atoms with Crippen LogP contribution in [0.2, 0.25) is 0 Å². The SMILES string of the molecule is CCC(C)NC(=O)CC(C(=O)O)c1cccc(C)c1. The molecule has 0 aromatic heterocycles. The first kappa shape index (κ1) is 15.2. The lowest BCUT2D eigenvalue weighted by atomic mass is 9.94. The van der Waals surface area contributed by atoms with E-state index in [2.05, 4.69) is 5.32 Å². The third-order valence-electron chi connectivity index (χ3n) is 3.15. The molecule has 1 rings (SSSR count). The molecular formula is C15H21NO3. The molecular weight excluding hydrogens is 242 g/mol. The third-order valence-corrected chi connectivity index (χ3v) is 3.15. The molecule has 0 aliphatic carbocycles. The summed E-state index contributed by atoms with van der Waals surface area (Å²) in [6.07, 6.45) is 0.803. The molecule has 0 aliphatic rings. The molecule has 0 spiro atoms. The van der Waals surface area contributed by atoms with Crippen LogP contribution in [0.15, 0.2) is 24.3 Å². The molecule has 0 fully saturated rings. The van der Waals surface area contributed by atoms with Crippen LogP contribution in [-0.4, -0.2) is 23.0 Å². The van der Waals surface area contributed by atoms with Crippen LogP contribution in [-0.2, 0) is 9.59 Å². The predicted octanol–water partition coefficient (Wildman–Crippen LogP) is 2.47. The quantitative estimate of drug-likeness (QED) is 0.828. The second kappa shape index (κ2) is 6.92. The summed E-state index contributed by atoms with van der Waals surface area (Å²) in [4.78, 5) is 23.1. The Balaban J connectivity index is 2.79. The van der Waals surface area contributed by atoms with Crippen molar-refractivity contribution < 1.29 is 14.7 Å². The molecule has 2 atom stereocenters. The maximum atomic E-state index is 11.8. The standard InChI is InChI=1S/C15H21NO3/c1-4-11(3)16-14(17)9-13(15(18)19)12-7-5-6-10(2)8-12/h5-8,11,13H,4,9H2,1-3H3,(H,16,17)(H,18,19). The monoisotopic (exact) mass is 263 g/mol. The molecule has 19 heavy (non-hydrogen) atoms. The summed E-state index contributed by atoms with van der Waals surface area (Å²) in [6.45, 7) is 5.78. The number of carbonyl (C=O) groups excluding carboxylic acids is 1. The number of carboxylic acid groups (broad SMARTS) is 1. The van der Waals surface area contributed by atoms with Gasteiger partial charge in [-0.1, -0.05) is 36.8 Å². The Labute approximate surface area is 113 Å². The van der Waals surface area contributed by atoms with E-state index in [1.54, 1.807) is 6.07 Å². The van der Waals surface area contributed by atoms with Gasteiger partial charge in [0.2, 0.25) is 5.91 Å². The number of aryl methyl sites for hydroxylation is 1. The smallest absolute Gasteiger partial charge is 0.311 e. The summed E-state index contributed by atoms with van der Waals surface area (Å²) >= 11 is 0. The first-order chi connectivity index (χ1) is 8.93. The second-order valence-electron chi connectivity index (χ2n) is 4.89. The Morgan fingerprint density at radius 3 is 2.58 bits per heavy atom. The topological polar surface area (TPSA) is 66.4 Å². The maximum Gasteiger partial charge on any atom is 0.311 e. The summed E-state index contributed by atoms with van der Waals surface area (Å²) in [5, 5.41) is 12.1. The molecule has 1 amide bonds. The van der Waals surface area contributed by atoms with E-state index >= 15 is 0 Å². The van der Waals surface area contributed by atoms with Crippen molar-refractivity contribution in [2.75, 3.05) is 0 Å². The number of nitrogens with one attached hydrogen (secondary N) is 1. The molecule has 0 aliphatic heterocycles. The van der Waals surface area contributed by atoms with Gasteiger partial charge in [0.05, 0.1) is 5.92 Å². The lowest BCUT2D eigenvalue weighted by Crippen LogP contribution is -2.34. The molecule has 0 radical (unpaired) electrons. The van der Waals surface area contributed by atoms with Crippen LogP contribution in [0.4, 0.5) is 0 Å². The van der Waals surface area contributed by atoms with Crippen molar-refractivity contribution in [3.63, 3.8) is 0 Å². The summed E-state index contributed by atoms with van der Waals surface area (Å²) < 4.78 is 0. The molecule has 4 heteroatoms. The van der Waals surface area contributed by atoms with Crippen LogP contribution in [0.25, 0.3) is 0 Å². The minimum absolute atomic E-state index is 0.0247. The molecule has 0 bridgehead atoms. The first-order valence-electron chi connectivity index (χ1n) is 6.52. The van der Waals surface area contributed by atoms with Gasteiger partial charge in [0.1, 0.15) is 0 Å². The number of carboxylic acids is 1. The van der Waals surface area contributed by atoms with E-state index in [1.165, 1.54) is 0 Å². The van der Waals surface area contributed by atoms with Gasteiger partial charge < -0.3 is 10.4 Å². The summed E-state index contributed by atoms with van der Waals surface area (Å²) in [5.74, 6) is -1.97. The average Bonchev–Trinajstić information content (AvgIpc) is 2.35. The van der Waals surface area contributed by atoms with Crippen molar-refractivity contribution in [2.24, 2.45) is 0 Å². The molecule has 104 valence electrons. The van der Waals surface area contributed by atoms with Gasteiger partial charge in [-0.25, -0.2) is 0 Å². The maximum absolute atomic E-state index is 11.8. The number of benzene rings is 1. The van der Waals surface area contributed by atoms with Gasteiger partial charge in [0.25, 0.3) is 0 Å². The zero-order valence-corrected chi connectivity index (χ0v) is 11.6. The summed E-state index contributed by atoms with van der Waals surface area (Å²) in [6, 6.07) is 7.35. The highest BCUT2D eigenvalue weighted by atomic mass is 16.4. The Hall–Kier alpha value is -1.84. The van der Waals surface area contributed by atoms with Gasteiger partial charge in [-0.2, -0.15) is 0 Å². The van der Waals surface area contributed by atoms with E-state index in [4.69, 9.17) is 0 Å². The van der Waals surface area contributed by atoms with Crippen LogP contribution in [0.1, 0.15) is 43.7 Å². The summed E-state index contributed by atoms with van der Waals surface area (Å²) in [7, 11) is 0. The van der Waals surface area contributed by atoms with Gasteiger partial charge >= 0.3 is 5.97 Å². The number of hydrogen-bond acceptors (Lipinski definition) is 2. The van der Waals surface area contributed by atoms with Crippen LogP contribution in [0.3, 0.4) is 0 Å². The van der Waals surface area contributed by atoms with Gasteiger partial charge in [0.15, 0.2) is 0 Å². The third kappa shape index (κ3) is 4.73. The number of carbonyl (C=O) groups is 2. The lowest BCUT2D eigenvalue weighted by Gasteiger charge is -2.16. The van der Waals surface area contributed by atoms with Crippen LogP contribution in [0.5, 0.6) is 0 Å². The second-order valence-corrected chi connectivity index (χ2v) is 4.89. The Morgan fingerprint density at radius 2 is 2.05 bits per heavy atom. The van der Waals surface area contributed by atoms with E-state index in [1.807, 2.05) is 39.0 Å². The van der Waals surface area contributed by atoms with E-state index in [0.717, 1.165) is 12.0 Å². The lowest BCUT2D eigenvalue weighted by molar-refractivity contribution is -0.140. The van der Waals surface area contributed by atoms with E-state index in [0.29, 0.717) is 5.56 Å². The molecule has 4 nitrogen and oxygen atoms in total. The Kier molecular flexibility index (Phi) is 5.55. The molecule has 2 N–H and O–H groups in total. The van der Waals surface area contributed by atoms with Crippen molar-refractivity contribution in [3.8, 4) is 0 Å². The summed E-state index contributed by atoms with van der Waals surface area (Å²) in [5.41, 5.74) is 1.66. The number of hydrogen-bond donors (Lipinski definition) is 2. The molecule has 2 unspecified atom stereocenters. The fraction of sp³-hybridized carbons (Fsp3) is 0.467. The van der Waals surface area contributed by atoms with Gasteiger partial charge in [-0.15, -0.1) is 0 Å². The van der Waals surface area contributed by atoms with Crippen molar-refractivity contribution in [1.29, 1.82) is 0 Å². The van der Waals surface area contributed by atoms with Crippen LogP contribution in [0, 0.1) is 6.92 Å². The zero-order valence-electron chi connectivity index (χ0n) is 11.6. The average molecular weight is 263 g/mol. The van der Waals surface area contributed by atoms with Crippen LogP contribution < -0.4 is 5.32 Å². The molecule has 0 heterocycles. The minimum Gasteiger partial charge on any atom is -0.481 e. The number of amides is 1. The fourth-order valence-electron chi connectivity index (χ4n) is 1.86. The highest BCUT2D eigenvalue weighted by molar-refractivity contribution is 5.85. The normalized spacial score (nSPS) is 13.6. The highest BCUT2D eigenvalue weighted by Crippen LogP contribution is 2.21. The largest absolute Gasteiger partial charge is 0.481 e. The van der Waals surface area contributed by atoms with E-state index in [9.17, 15) is 14.7 Å². The van der Waals surface area contributed by atoms with Crippen molar-refractivity contribution in [1.82, 2.24) is 5.32 Å². The predicted molar refractivity (Wildman–Crippen MR) is 74.1 cm³/mol. The van der Waals surface area contributed by atoms with Crippen molar-refractivity contribution >= 4 is 11.9 Å². The molecule has 1 aromatic carbocycles. The Bertz CT molecular complexity index is 456. The fourth-order valence-corrected chi connectivity index (χ4v) is 1.86. The zero-order chi connectivity index (χ0) is 14.4. The van der Waals surface area contributed by atoms with Crippen molar-refractivity contribution in [2.45, 2.75) is 45.6 Å². The van der Waals surface area contributed by atoms with Crippen molar-refractivity contribution in [3.05, 3.63) is 35.4 Å².